The molecule has 0 unspecified atom stereocenters. The highest BCUT2D eigenvalue weighted by molar-refractivity contribution is 7.14. The summed E-state index contributed by atoms with van der Waals surface area (Å²) in [5, 5.41) is 4.92. The molecule has 2 N–H and O–H groups in total. The van der Waals surface area contributed by atoms with Crippen LogP contribution in [0.4, 0.5) is 5.13 Å². The SMILES string of the molecule is COc1cccc(-c2csc(NC(=O)COC(=O)c3ccccc3-c3nc4ccccc4[nH]3)n2)c1. The molecule has 1 amide bonds. The van der Waals surface area contributed by atoms with Gasteiger partial charge in [-0.25, -0.2) is 14.8 Å². The maximum absolute atomic E-state index is 12.8. The standard InChI is InChI=1S/C26H20N4O4S/c1-33-17-8-6-7-16(13-17)22-15-35-26(29-22)30-23(31)14-34-25(32)19-10-3-2-9-18(19)24-27-20-11-4-5-12-21(20)28-24/h2-13,15H,14H2,1H3,(H,27,28)(H,29,30,31). The van der Waals surface area contributed by atoms with Gasteiger partial charge in [-0.1, -0.05) is 42.5 Å². The second-order valence-corrected chi connectivity index (χ2v) is 8.40. The molecule has 0 radical (unpaired) electrons. The third kappa shape index (κ3) is 4.90. The minimum atomic E-state index is -0.618. The smallest absolute Gasteiger partial charge is 0.339 e. The van der Waals surface area contributed by atoms with E-state index in [9.17, 15) is 9.59 Å². The van der Waals surface area contributed by atoms with Gasteiger partial charge >= 0.3 is 5.97 Å². The zero-order valence-electron chi connectivity index (χ0n) is 18.6. The number of rotatable bonds is 7. The Hall–Kier alpha value is -4.50. The lowest BCUT2D eigenvalue weighted by molar-refractivity contribution is -0.119. The number of amides is 1. The number of hydrogen-bond donors (Lipinski definition) is 2. The first kappa shape index (κ1) is 22.3. The Morgan fingerprint density at radius 3 is 2.69 bits per heavy atom. The molecule has 35 heavy (non-hydrogen) atoms. The predicted octanol–water partition coefficient (Wildman–Crippen LogP) is 5.16. The molecule has 3 aromatic carbocycles. The summed E-state index contributed by atoms with van der Waals surface area (Å²) in [6.45, 7) is -0.443. The van der Waals surface area contributed by atoms with Crippen LogP contribution in [0.3, 0.4) is 0 Å². The number of imidazole rings is 1. The maximum Gasteiger partial charge on any atom is 0.339 e. The number of carbonyl (C=O) groups is 2. The molecule has 0 aliphatic rings. The van der Waals surface area contributed by atoms with Crippen LogP contribution in [0, 0.1) is 0 Å². The van der Waals surface area contributed by atoms with E-state index in [-0.39, 0.29) is 0 Å². The Morgan fingerprint density at radius 1 is 1.00 bits per heavy atom. The molecule has 174 valence electrons. The van der Waals surface area contributed by atoms with Gasteiger partial charge in [0.2, 0.25) is 0 Å². The summed E-state index contributed by atoms with van der Waals surface area (Å²) in [4.78, 5) is 37.4. The van der Waals surface area contributed by atoms with Gasteiger partial charge < -0.3 is 14.5 Å². The minimum absolute atomic E-state index is 0.314. The molecule has 2 heterocycles. The van der Waals surface area contributed by atoms with E-state index >= 15 is 0 Å². The topological polar surface area (TPSA) is 106 Å². The number of H-pyrrole nitrogens is 1. The number of carbonyl (C=O) groups excluding carboxylic acids is 2. The third-order valence-electron chi connectivity index (χ3n) is 5.24. The average Bonchev–Trinajstić information content (AvgIpc) is 3.54. The molecule has 0 aliphatic carbocycles. The van der Waals surface area contributed by atoms with E-state index in [2.05, 4.69) is 20.3 Å². The number of nitrogens with one attached hydrogen (secondary N) is 2. The van der Waals surface area contributed by atoms with Gasteiger partial charge in [-0.2, -0.15) is 0 Å². The average molecular weight is 485 g/mol. The van der Waals surface area contributed by atoms with E-state index in [1.54, 1.807) is 25.3 Å². The fourth-order valence-electron chi connectivity index (χ4n) is 3.56. The highest BCUT2D eigenvalue weighted by atomic mass is 32.1. The number of thiazole rings is 1. The highest BCUT2D eigenvalue weighted by Crippen LogP contribution is 2.28. The first-order chi connectivity index (χ1) is 17.1. The minimum Gasteiger partial charge on any atom is -0.497 e. The van der Waals surface area contributed by atoms with Crippen molar-refractivity contribution in [2.75, 3.05) is 19.0 Å². The number of methoxy groups -OCH3 is 1. The Bertz CT molecular complexity index is 1490. The number of nitrogens with zero attached hydrogens (tertiary/aromatic N) is 2. The first-order valence-corrected chi connectivity index (χ1v) is 11.6. The first-order valence-electron chi connectivity index (χ1n) is 10.7. The summed E-state index contributed by atoms with van der Waals surface area (Å²) in [5.74, 6) is 0.172. The third-order valence-corrected chi connectivity index (χ3v) is 6.00. The Kier molecular flexibility index (Phi) is 6.23. The number of esters is 1. The zero-order chi connectivity index (χ0) is 24.2. The molecule has 0 saturated carbocycles. The molecular formula is C26H20N4O4S. The van der Waals surface area contributed by atoms with Crippen molar-refractivity contribution >= 4 is 39.4 Å². The number of benzene rings is 3. The van der Waals surface area contributed by atoms with Crippen molar-refractivity contribution in [1.29, 1.82) is 0 Å². The molecule has 0 bridgehead atoms. The predicted molar refractivity (Wildman–Crippen MR) is 135 cm³/mol. The van der Waals surface area contributed by atoms with Crippen LogP contribution in [0.5, 0.6) is 5.75 Å². The van der Waals surface area contributed by atoms with Crippen LogP contribution >= 0.6 is 11.3 Å². The van der Waals surface area contributed by atoms with E-state index in [0.717, 1.165) is 22.3 Å². The second kappa shape index (κ2) is 9.78. The van der Waals surface area contributed by atoms with Crippen LogP contribution in [0.15, 0.2) is 78.2 Å². The number of ether oxygens (including phenoxy) is 2. The van der Waals surface area contributed by atoms with Gasteiger partial charge in [-0.3, -0.25) is 10.1 Å². The number of para-hydroxylation sites is 2. The van der Waals surface area contributed by atoms with Crippen molar-refractivity contribution in [3.05, 3.63) is 83.7 Å². The second-order valence-electron chi connectivity index (χ2n) is 7.54. The van der Waals surface area contributed by atoms with Crippen LogP contribution in [0.1, 0.15) is 10.4 Å². The molecule has 0 spiro atoms. The summed E-state index contributed by atoms with van der Waals surface area (Å²) < 4.78 is 10.5. The molecule has 0 atom stereocenters. The molecule has 8 nitrogen and oxygen atoms in total. The summed E-state index contributed by atoms with van der Waals surface area (Å²) in [6.07, 6.45) is 0. The van der Waals surface area contributed by atoms with E-state index in [1.807, 2.05) is 60.0 Å². The molecular weight excluding hydrogens is 464 g/mol. The van der Waals surface area contributed by atoms with Crippen molar-refractivity contribution in [3.63, 3.8) is 0 Å². The number of aromatic nitrogens is 3. The van der Waals surface area contributed by atoms with Crippen LogP contribution in [0.2, 0.25) is 0 Å². The molecule has 0 fully saturated rings. The lowest BCUT2D eigenvalue weighted by Gasteiger charge is -2.08. The van der Waals surface area contributed by atoms with Crippen molar-refractivity contribution < 1.29 is 19.1 Å². The molecule has 0 aliphatic heterocycles. The quantitative estimate of drug-likeness (QED) is 0.309. The zero-order valence-corrected chi connectivity index (χ0v) is 19.5. The van der Waals surface area contributed by atoms with Crippen LogP contribution in [0.25, 0.3) is 33.7 Å². The van der Waals surface area contributed by atoms with Crippen molar-refractivity contribution in [2.24, 2.45) is 0 Å². The van der Waals surface area contributed by atoms with Crippen molar-refractivity contribution in [3.8, 4) is 28.4 Å². The number of fused-ring (bicyclic) bond motifs is 1. The van der Waals surface area contributed by atoms with Crippen LogP contribution in [-0.2, 0) is 9.53 Å². The Morgan fingerprint density at radius 2 is 1.83 bits per heavy atom. The molecule has 0 saturated heterocycles. The summed E-state index contributed by atoms with van der Waals surface area (Å²) in [6, 6.07) is 22.1. The molecule has 9 heteroatoms. The van der Waals surface area contributed by atoms with E-state index < -0.39 is 18.5 Å². The lowest BCUT2D eigenvalue weighted by atomic mass is 10.1. The fraction of sp³-hybridized carbons (Fsp3) is 0.0769. The van der Waals surface area contributed by atoms with E-state index in [0.29, 0.717) is 27.8 Å². The highest BCUT2D eigenvalue weighted by Gasteiger charge is 2.18. The maximum atomic E-state index is 12.8. The summed E-state index contributed by atoms with van der Waals surface area (Å²) in [7, 11) is 1.60. The Balaban J connectivity index is 1.24. The van der Waals surface area contributed by atoms with Gasteiger partial charge in [0, 0.05) is 16.5 Å². The molecule has 5 aromatic rings. The van der Waals surface area contributed by atoms with Crippen LogP contribution < -0.4 is 10.1 Å². The molecule has 2 aromatic heterocycles. The normalized spacial score (nSPS) is 10.8. The van der Waals surface area contributed by atoms with Crippen molar-refractivity contribution in [1.82, 2.24) is 15.0 Å². The number of aromatic amines is 1. The Labute approximate surface area is 204 Å². The monoisotopic (exact) mass is 484 g/mol. The van der Waals surface area contributed by atoms with Gasteiger partial charge in [0.15, 0.2) is 11.7 Å². The van der Waals surface area contributed by atoms with Gasteiger partial charge in [0.1, 0.15) is 11.6 Å². The summed E-state index contributed by atoms with van der Waals surface area (Å²) >= 11 is 1.28. The number of hydrogen-bond acceptors (Lipinski definition) is 7. The lowest BCUT2D eigenvalue weighted by Crippen LogP contribution is -2.21. The molecule has 5 rings (SSSR count). The summed E-state index contributed by atoms with van der Waals surface area (Å²) in [5.41, 5.74) is 4.14. The largest absolute Gasteiger partial charge is 0.497 e. The van der Waals surface area contributed by atoms with E-state index in [4.69, 9.17) is 9.47 Å². The van der Waals surface area contributed by atoms with Crippen molar-refractivity contribution in [2.45, 2.75) is 0 Å². The van der Waals surface area contributed by atoms with Gasteiger partial charge in [-0.15, -0.1) is 11.3 Å². The van der Waals surface area contributed by atoms with Gasteiger partial charge in [0.05, 0.1) is 29.4 Å². The fourth-order valence-corrected chi connectivity index (χ4v) is 4.29. The van der Waals surface area contributed by atoms with Gasteiger partial charge in [-0.05, 0) is 30.3 Å². The van der Waals surface area contributed by atoms with Crippen LogP contribution in [-0.4, -0.2) is 40.5 Å². The number of anilines is 1. The van der Waals surface area contributed by atoms with E-state index in [1.165, 1.54) is 11.3 Å². The van der Waals surface area contributed by atoms with Gasteiger partial charge in [0.25, 0.3) is 5.91 Å².